The molecule has 0 radical (unpaired) electrons. The van der Waals surface area contributed by atoms with Crippen LogP contribution in [0.1, 0.15) is 16.7 Å². The van der Waals surface area contributed by atoms with E-state index in [1.807, 2.05) is 73.7 Å². The number of nitrogens with zero attached hydrogens (tertiary/aromatic N) is 2. The summed E-state index contributed by atoms with van der Waals surface area (Å²) in [4.78, 5) is 4.53. The lowest BCUT2D eigenvalue weighted by atomic mass is 9.79. The standard InChI is InChI=1S/C29H30N4O3S/c1-21-9-8-14-25(15-21)37(34,35)33-26-16-24(30)19-32-28(26)36-20-27(31)29(33,17-22-10-4-2-5-11-22)18-23-12-6-3-7-13-23/h2-16,19,27H,17-18,20,30-31H2,1H3. The lowest BCUT2D eigenvalue weighted by molar-refractivity contribution is 0.232. The minimum absolute atomic E-state index is 0.0867. The third-order valence-electron chi connectivity index (χ3n) is 6.80. The molecule has 0 saturated heterocycles. The fraction of sp³-hybridized carbons (Fsp3) is 0.207. The highest BCUT2D eigenvalue weighted by Crippen LogP contribution is 2.44. The highest BCUT2D eigenvalue weighted by molar-refractivity contribution is 7.93. The molecule has 7 nitrogen and oxygen atoms in total. The normalized spacial score (nSPS) is 16.9. The van der Waals surface area contributed by atoms with E-state index in [-0.39, 0.29) is 23.1 Å². The van der Waals surface area contributed by atoms with Crippen molar-refractivity contribution in [1.29, 1.82) is 0 Å². The number of rotatable bonds is 6. The van der Waals surface area contributed by atoms with Crippen LogP contribution in [0.3, 0.4) is 0 Å². The van der Waals surface area contributed by atoms with Crippen molar-refractivity contribution in [2.24, 2.45) is 5.73 Å². The lowest BCUT2D eigenvalue weighted by Gasteiger charge is -2.46. The second-order valence-electron chi connectivity index (χ2n) is 9.52. The molecule has 8 heteroatoms. The summed E-state index contributed by atoms with van der Waals surface area (Å²) in [5.74, 6) is 0.184. The van der Waals surface area contributed by atoms with Crippen LogP contribution in [-0.4, -0.2) is 31.6 Å². The quantitative estimate of drug-likeness (QED) is 0.401. The Bertz CT molecular complexity index is 1450. The largest absolute Gasteiger partial charge is 0.474 e. The minimum atomic E-state index is -4.14. The van der Waals surface area contributed by atoms with Crippen LogP contribution in [0.5, 0.6) is 5.88 Å². The zero-order valence-electron chi connectivity index (χ0n) is 20.6. The van der Waals surface area contributed by atoms with Gasteiger partial charge in [-0.2, -0.15) is 0 Å². The molecule has 4 aromatic rings. The van der Waals surface area contributed by atoms with Gasteiger partial charge in [-0.3, -0.25) is 4.31 Å². The van der Waals surface area contributed by atoms with Gasteiger partial charge in [0.1, 0.15) is 12.3 Å². The average molecular weight is 515 g/mol. The van der Waals surface area contributed by atoms with Crippen LogP contribution in [0.25, 0.3) is 0 Å². The molecule has 1 aliphatic heterocycles. The summed E-state index contributed by atoms with van der Waals surface area (Å²) in [6.07, 6.45) is 2.17. The van der Waals surface area contributed by atoms with Crippen molar-refractivity contribution in [3.63, 3.8) is 0 Å². The van der Waals surface area contributed by atoms with E-state index in [2.05, 4.69) is 4.98 Å². The lowest BCUT2D eigenvalue weighted by Crippen LogP contribution is -2.65. The van der Waals surface area contributed by atoms with Crippen molar-refractivity contribution in [2.75, 3.05) is 16.6 Å². The fourth-order valence-corrected chi connectivity index (χ4v) is 6.97. The molecule has 37 heavy (non-hydrogen) atoms. The van der Waals surface area contributed by atoms with E-state index in [1.54, 1.807) is 24.3 Å². The smallest absolute Gasteiger partial charge is 0.265 e. The molecule has 2 heterocycles. The first-order valence-corrected chi connectivity index (χ1v) is 13.6. The SMILES string of the molecule is Cc1cccc(S(=O)(=O)N2c3cc(N)cnc3OCC(N)C2(Cc2ccccc2)Cc2ccccc2)c1. The minimum Gasteiger partial charge on any atom is -0.474 e. The van der Waals surface area contributed by atoms with Crippen LogP contribution in [0, 0.1) is 6.92 Å². The van der Waals surface area contributed by atoms with Gasteiger partial charge in [-0.25, -0.2) is 13.4 Å². The van der Waals surface area contributed by atoms with Gasteiger partial charge in [0.15, 0.2) is 0 Å². The number of aryl methyl sites for hydroxylation is 1. The molecule has 5 rings (SSSR count). The third-order valence-corrected chi connectivity index (χ3v) is 8.69. The summed E-state index contributed by atoms with van der Waals surface area (Å²) < 4.78 is 36.8. The molecule has 0 amide bonds. The zero-order chi connectivity index (χ0) is 26.0. The van der Waals surface area contributed by atoms with E-state index in [4.69, 9.17) is 16.2 Å². The molecule has 4 N–H and O–H groups in total. The summed E-state index contributed by atoms with van der Waals surface area (Å²) in [6.45, 7) is 1.95. The number of benzene rings is 3. The molecular formula is C29H30N4O3S. The van der Waals surface area contributed by atoms with Gasteiger partial charge < -0.3 is 16.2 Å². The van der Waals surface area contributed by atoms with Crippen molar-refractivity contribution in [1.82, 2.24) is 4.98 Å². The Hall–Kier alpha value is -3.88. The molecule has 1 atom stereocenters. The van der Waals surface area contributed by atoms with Gasteiger partial charge in [-0.05, 0) is 54.7 Å². The molecule has 0 saturated carbocycles. The number of sulfonamides is 1. The summed E-state index contributed by atoms with van der Waals surface area (Å²) in [6, 6.07) is 27.4. The molecule has 0 fully saturated rings. The van der Waals surface area contributed by atoms with Gasteiger partial charge in [0.2, 0.25) is 5.88 Å². The van der Waals surface area contributed by atoms with E-state index in [0.717, 1.165) is 16.7 Å². The van der Waals surface area contributed by atoms with Crippen LogP contribution < -0.4 is 20.5 Å². The van der Waals surface area contributed by atoms with Gasteiger partial charge >= 0.3 is 0 Å². The molecule has 1 aliphatic rings. The zero-order valence-corrected chi connectivity index (χ0v) is 21.4. The summed E-state index contributed by atoms with van der Waals surface area (Å²) in [5, 5.41) is 0. The average Bonchev–Trinajstić information content (AvgIpc) is 3.00. The van der Waals surface area contributed by atoms with Gasteiger partial charge in [-0.15, -0.1) is 0 Å². The monoisotopic (exact) mass is 514 g/mol. The van der Waals surface area contributed by atoms with Crippen LogP contribution in [0.2, 0.25) is 0 Å². The number of anilines is 2. The Balaban J connectivity index is 1.82. The van der Waals surface area contributed by atoms with Crippen molar-refractivity contribution in [3.8, 4) is 5.88 Å². The molecular weight excluding hydrogens is 484 g/mol. The molecule has 0 bridgehead atoms. The second-order valence-corrected chi connectivity index (χ2v) is 11.3. The van der Waals surface area contributed by atoms with E-state index < -0.39 is 21.6 Å². The molecule has 1 unspecified atom stereocenters. The van der Waals surface area contributed by atoms with Gasteiger partial charge in [0, 0.05) is 0 Å². The first-order valence-electron chi connectivity index (χ1n) is 12.1. The maximum absolute atomic E-state index is 14.7. The Morgan fingerprint density at radius 2 is 1.57 bits per heavy atom. The van der Waals surface area contributed by atoms with Crippen molar-refractivity contribution >= 4 is 21.4 Å². The maximum Gasteiger partial charge on any atom is 0.265 e. The van der Waals surface area contributed by atoms with Crippen molar-refractivity contribution < 1.29 is 13.2 Å². The first kappa shape index (κ1) is 24.8. The van der Waals surface area contributed by atoms with E-state index in [9.17, 15) is 8.42 Å². The summed E-state index contributed by atoms with van der Waals surface area (Å²) in [7, 11) is -4.14. The molecule has 3 aromatic carbocycles. The van der Waals surface area contributed by atoms with Crippen LogP contribution >= 0.6 is 0 Å². The number of ether oxygens (including phenoxy) is 1. The Morgan fingerprint density at radius 1 is 0.946 bits per heavy atom. The van der Waals surface area contributed by atoms with E-state index >= 15 is 0 Å². The number of hydrogen-bond donors (Lipinski definition) is 2. The number of hydrogen-bond acceptors (Lipinski definition) is 6. The highest BCUT2D eigenvalue weighted by atomic mass is 32.2. The van der Waals surface area contributed by atoms with Gasteiger partial charge in [0.25, 0.3) is 10.0 Å². The number of nitrogen functional groups attached to an aromatic ring is 1. The number of aromatic nitrogens is 1. The van der Waals surface area contributed by atoms with Crippen molar-refractivity contribution in [2.45, 2.75) is 36.2 Å². The predicted molar refractivity (Wildman–Crippen MR) is 146 cm³/mol. The van der Waals surface area contributed by atoms with Crippen molar-refractivity contribution in [3.05, 3.63) is 114 Å². The third kappa shape index (κ3) is 4.77. The first-order chi connectivity index (χ1) is 17.8. The molecule has 0 aliphatic carbocycles. The van der Waals surface area contributed by atoms with Crippen LogP contribution in [-0.2, 0) is 22.9 Å². The Morgan fingerprint density at radius 3 is 2.16 bits per heavy atom. The second kappa shape index (κ2) is 9.88. The number of pyridine rings is 1. The molecule has 0 spiro atoms. The predicted octanol–water partition coefficient (Wildman–Crippen LogP) is 4.11. The topological polar surface area (TPSA) is 112 Å². The molecule has 190 valence electrons. The summed E-state index contributed by atoms with van der Waals surface area (Å²) in [5.41, 5.74) is 15.3. The number of nitrogens with two attached hydrogens (primary N) is 2. The van der Waals surface area contributed by atoms with Crippen LogP contribution in [0.15, 0.2) is 102 Å². The Kier molecular flexibility index (Phi) is 6.62. The molecule has 1 aromatic heterocycles. The number of fused-ring (bicyclic) bond motifs is 1. The van der Waals surface area contributed by atoms with Gasteiger partial charge in [-0.1, -0.05) is 72.8 Å². The highest BCUT2D eigenvalue weighted by Gasteiger charge is 2.51. The van der Waals surface area contributed by atoms with E-state index in [0.29, 0.717) is 18.5 Å². The van der Waals surface area contributed by atoms with Crippen LogP contribution in [0.4, 0.5) is 11.4 Å². The van der Waals surface area contributed by atoms with E-state index in [1.165, 1.54) is 10.5 Å². The van der Waals surface area contributed by atoms with Gasteiger partial charge in [0.05, 0.1) is 28.4 Å². The Labute approximate surface area is 217 Å². The fourth-order valence-electron chi connectivity index (χ4n) is 5.04. The summed E-state index contributed by atoms with van der Waals surface area (Å²) >= 11 is 0. The maximum atomic E-state index is 14.7.